The predicted molar refractivity (Wildman–Crippen MR) is 49.3 cm³/mol. The van der Waals surface area contributed by atoms with Gasteiger partial charge in [-0.05, 0) is 30.9 Å². The van der Waals surface area contributed by atoms with E-state index in [1.807, 2.05) is 0 Å². The highest BCUT2D eigenvalue weighted by Crippen LogP contribution is 2.41. The van der Waals surface area contributed by atoms with Gasteiger partial charge in [-0.1, -0.05) is 11.4 Å². The number of hydrogen-bond donors (Lipinski definition) is 1. The van der Waals surface area contributed by atoms with Crippen LogP contribution in [0.4, 0.5) is 0 Å². The van der Waals surface area contributed by atoms with Crippen molar-refractivity contribution in [3.8, 4) is 0 Å². The lowest BCUT2D eigenvalue weighted by Gasteiger charge is -1.98. The molecule has 1 aromatic heterocycles. The van der Waals surface area contributed by atoms with Crippen molar-refractivity contribution in [2.45, 2.75) is 32.2 Å². The second-order valence-electron chi connectivity index (χ2n) is 3.14. The van der Waals surface area contributed by atoms with Gasteiger partial charge in [0.25, 0.3) is 0 Å². The highest BCUT2D eigenvalue weighted by atomic mass is 32.1. The van der Waals surface area contributed by atoms with E-state index in [1.54, 1.807) is 0 Å². The Balaban J connectivity index is 2.03. The van der Waals surface area contributed by atoms with Gasteiger partial charge in [-0.2, -0.15) is 0 Å². The minimum Gasteiger partial charge on any atom is -0.312 e. The van der Waals surface area contributed by atoms with Gasteiger partial charge < -0.3 is 5.32 Å². The zero-order valence-electron chi connectivity index (χ0n) is 7.21. The van der Waals surface area contributed by atoms with E-state index < -0.39 is 0 Å². The highest BCUT2D eigenvalue weighted by Gasteiger charge is 2.28. The van der Waals surface area contributed by atoms with Crippen LogP contribution in [0.15, 0.2) is 0 Å². The van der Waals surface area contributed by atoms with E-state index in [4.69, 9.17) is 0 Å². The van der Waals surface area contributed by atoms with Crippen LogP contribution in [-0.2, 0) is 6.54 Å². The normalized spacial score (nSPS) is 16.8. The van der Waals surface area contributed by atoms with Crippen LogP contribution in [0.5, 0.6) is 0 Å². The van der Waals surface area contributed by atoms with E-state index in [1.165, 1.54) is 34.9 Å². The monoisotopic (exact) mass is 183 g/mol. The lowest BCUT2D eigenvalue weighted by atomic mass is 10.2. The van der Waals surface area contributed by atoms with Crippen LogP contribution in [0.3, 0.4) is 0 Å². The van der Waals surface area contributed by atoms with Gasteiger partial charge in [0.15, 0.2) is 0 Å². The van der Waals surface area contributed by atoms with Crippen molar-refractivity contribution in [1.29, 1.82) is 0 Å². The van der Waals surface area contributed by atoms with E-state index in [0.717, 1.165) is 19.0 Å². The fourth-order valence-corrected chi connectivity index (χ4v) is 1.94. The molecule has 66 valence electrons. The van der Waals surface area contributed by atoms with E-state index in [-0.39, 0.29) is 0 Å². The molecule has 1 saturated carbocycles. The van der Waals surface area contributed by atoms with E-state index in [9.17, 15) is 0 Å². The van der Waals surface area contributed by atoms with Gasteiger partial charge in [-0.25, -0.2) is 0 Å². The largest absolute Gasteiger partial charge is 0.312 e. The number of nitrogens with zero attached hydrogens (tertiary/aromatic N) is 2. The molecule has 12 heavy (non-hydrogen) atoms. The molecule has 1 aliphatic carbocycles. The SMILES string of the molecule is CCNCc1snnc1C1CC1. The Bertz CT molecular complexity index is 255. The molecule has 1 heterocycles. The molecule has 0 aliphatic heterocycles. The lowest BCUT2D eigenvalue weighted by Crippen LogP contribution is -2.11. The summed E-state index contributed by atoms with van der Waals surface area (Å²) >= 11 is 1.53. The van der Waals surface area contributed by atoms with Crippen LogP contribution in [0, 0.1) is 0 Å². The molecule has 3 nitrogen and oxygen atoms in total. The Kier molecular flexibility index (Phi) is 2.37. The molecule has 0 aromatic carbocycles. The molecule has 1 N–H and O–H groups in total. The van der Waals surface area contributed by atoms with Crippen molar-refractivity contribution >= 4 is 11.5 Å². The third-order valence-electron chi connectivity index (χ3n) is 2.08. The molecule has 0 atom stereocenters. The fraction of sp³-hybridized carbons (Fsp3) is 0.750. The molecule has 0 radical (unpaired) electrons. The maximum atomic E-state index is 4.16. The second-order valence-corrected chi connectivity index (χ2v) is 3.97. The third kappa shape index (κ3) is 1.64. The van der Waals surface area contributed by atoms with Crippen molar-refractivity contribution in [3.63, 3.8) is 0 Å². The predicted octanol–water partition coefficient (Wildman–Crippen LogP) is 1.52. The van der Waals surface area contributed by atoms with Gasteiger partial charge in [0.2, 0.25) is 0 Å². The molecular weight excluding hydrogens is 170 g/mol. The van der Waals surface area contributed by atoms with Crippen molar-refractivity contribution < 1.29 is 0 Å². The minimum absolute atomic E-state index is 0.734. The molecule has 0 bridgehead atoms. The first-order chi connectivity index (χ1) is 5.92. The summed E-state index contributed by atoms with van der Waals surface area (Å²) in [5, 5.41) is 7.46. The Labute approximate surface area is 76.4 Å². The summed E-state index contributed by atoms with van der Waals surface area (Å²) in [5.41, 5.74) is 1.25. The lowest BCUT2D eigenvalue weighted by molar-refractivity contribution is 0.726. The van der Waals surface area contributed by atoms with Gasteiger partial charge in [-0.15, -0.1) is 5.10 Å². The molecule has 0 spiro atoms. The van der Waals surface area contributed by atoms with Gasteiger partial charge in [0.1, 0.15) is 0 Å². The zero-order chi connectivity index (χ0) is 8.39. The maximum absolute atomic E-state index is 4.16. The van der Waals surface area contributed by atoms with Gasteiger partial charge in [0.05, 0.1) is 10.6 Å². The van der Waals surface area contributed by atoms with Crippen LogP contribution in [-0.4, -0.2) is 16.1 Å². The number of nitrogens with one attached hydrogen (secondary N) is 1. The minimum atomic E-state index is 0.734. The van der Waals surface area contributed by atoms with Crippen molar-refractivity contribution in [3.05, 3.63) is 10.6 Å². The average Bonchev–Trinajstić information content (AvgIpc) is 2.83. The summed E-state index contributed by atoms with van der Waals surface area (Å²) in [6.45, 7) is 4.08. The van der Waals surface area contributed by atoms with E-state index in [2.05, 4.69) is 21.8 Å². The Morgan fingerprint density at radius 3 is 3.08 bits per heavy atom. The summed E-state index contributed by atoms with van der Waals surface area (Å²) in [6, 6.07) is 0. The van der Waals surface area contributed by atoms with Crippen molar-refractivity contribution in [1.82, 2.24) is 14.9 Å². The van der Waals surface area contributed by atoms with Crippen LogP contribution in [0.1, 0.15) is 36.3 Å². The summed E-state index contributed by atoms with van der Waals surface area (Å²) in [4.78, 5) is 1.33. The standard InChI is InChI=1S/C8H13N3S/c1-2-9-5-7-8(6-3-4-6)10-11-12-7/h6,9H,2-5H2,1H3. The molecule has 1 aromatic rings. The molecule has 0 unspecified atom stereocenters. The highest BCUT2D eigenvalue weighted by molar-refractivity contribution is 7.05. The molecule has 4 heteroatoms. The molecule has 2 rings (SSSR count). The summed E-state index contributed by atoms with van der Waals surface area (Å²) in [7, 11) is 0. The number of hydrogen-bond acceptors (Lipinski definition) is 4. The molecule has 1 fully saturated rings. The fourth-order valence-electron chi connectivity index (χ4n) is 1.24. The van der Waals surface area contributed by atoms with Crippen LogP contribution in [0.2, 0.25) is 0 Å². The molecule has 0 amide bonds. The summed E-state index contributed by atoms with van der Waals surface area (Å²) in [6.07, 6.45) is 2.62. The van der Waals surface area contributed by atoms with Crippen molar-refractivity contribution in [2.24, 2.45) is 0 Å². The Morgan fingerprint density at radius 2 is 2.42 bits per heavy atom. The van der Waals surface area contributed by atoms with E-state index >= 15 is 0 Å². The molecule has 0 saturated heterocycles. The first-order valence-electron chi connectivity index (χ1n) is 4.43. The smallest absolute Gasteiger partial charge is 0.0831 e. The third-order valence-corrected chi connectivity index (χ3v) is 2.82. The molecular formula is C8H13N3S. The molecule has 1 aliphatic rings. The zero-order valence-corrected chi connectivity index (χ0v) is 8.02. The summed E-state index contributed by atoms with van der Waals surface area (Å²) in [5.74, 6) is 0.734. The average molecular weight is 183 g/mol. The Morgan fingerprint density at radius 1 is 1.58 bits per heavy atom. The van der Waals surface area contributed by atoms with Gasteiger partial charge in [0, 0.05) is 12.5 Å². The number of aromatic nitrogens is 2. The van der Waals surface area contributed by atoms with Crippen LogP contribution in [0.25, 0.3) is 0 Å². The van der Waals surface area contributed by atoms with E-state index in [0.29, 0.717) is 0 Å². The Hall–Kier alpha value is -0.480. The first kappa shape index (κ1) is 8.13. The first-order valence-corrected chi connectivity index (χ1v) is 5.21. The van der Waals surface area contributed by atoms with Crippen molar-refractivity contribution in [2.75, 3.05) is 6.54 Å². The summed E-state index contributed by atoms with van der Waals surface area (Å²) < 4.78 is 3.99. The van der Waals surface area contributed by atoms with Gasteiger partial charge in [-0.3, -0.25) is 0 Å². The van der Waals surface area contributed by atoms with Gasteiger partial charge >= 0.3 is 0 Å². The topological polar surface area (TPSA) is 37.8 Å². The second kappa shape index (κ2) is 3.49. The number of rotatable bonds is 4. The quantitative estimate of drug-likeness (QED) is 0.769. The van der Waals surface area contributed by atoms with Crippen LogP contribution >= 0.6 is 11.5 Å². The van der Waals surface area contributed by atoms with Crippen LogP contribution < -0.4 is 5.32 Å². The maximum Gasteiger partial charge on any atom is 0.0831 e.